The maximum Gasteiger partial charge on any atom is 0.256 e. The van der Waals surface area contributed by atoms with Gasteiger partial charge < -0.3 is 30.2 Å². The Morgan fingerprint density at radius 1 is 0.953 bits per heavy atom. The molecular weight excluding hydrogens is 540 g/mol. The SMILES string of the molecule is C=CC1=C(/C=C2\C(=O)Nc3ccc(C4CCN(C5CCN(C(C)=O)CC5)CC4)cc32)NC(C)C1C(=O)N1CCN(C)CC1. The van der Waals surface area contributed by atoms with E-state index >= 15 is 0 Å². The summed E-state index contributed by atoms with van der Waals surface area (Å²) in [6, 6.07) is 6.89. The fourth-order valence-electron chi connectivity index (χ4n) is 7.67. The van der Waals surface area contributed by atoms with Crippen molar-refractivity contribution in [2.24, 2.45) is 5.92 Å². The molecule has 1 aromatic carbocycles. The van der Waals surface area contributed by atoms with Gasteiger partial charge in [-0.25, -0.2) is 0 Å². The molecule has 5 aliphatic heterocycles. The average molecular weight is 587 g/mol. The quantitative estimate of drug-likeness (QED) is 0.516. The molecule has 2 N–H and O–H groups in total. The second-order valence-electron chi connectivity index (χ2n) is 13.0. The summed E-state index contributed by atoms with van der Waals surface area (Å²) >= 11 is 0. The van der Waals surface area contributed by atoms with Crippen LogP contribution in [0.2, 0.25) is 0 Å². The van der Waals surface area contributed by atoms with Gasteiger partial charge in [0.25, 0.3) is 5.91 Å². The van der Waals surface area contributed by atoms with Crippen molar-refractivity contribution in [2.75, 3.05) is 64.7 Å². The molecule has 0 spiro atoms. The number of carbonyl (C=O) groups excluding carboxylic acids is 3. The molecule has 0 aliphatic carbocycles. The summed E-state index contributed by atoms with van der Waals surface area (Å²) in [5.41, 5.74) is 5.35. The molecule has 230 valence electrons. The molecule has 3 saturated heterocycles. The zero-order valence-corrected chi connectivity index (χ0v) is 25.9. The topological polar surface area (TPSA) is 88.2 Å². The van der Waals surface area contributed by atoms with Crippen LogP contribution in [0, 0.1) is 5.92 Å². The number of rotatable bonds is 5. The van der Waals surface area contributed by atoms with Crippen LogP contribution in [0.5, 0.6) is 0 Å². The fraction of sp³-hybridized carbons (Fsp3) is 0.559. The third-order valence-electron chi connectivity index (χ3n) is 10.4. The Labute approximate surface area is 255 Å². The van der Waals surface area contributed by atoms with Gasteiger partial charge in [-0.05, 0) is 88.0 Å². The third kappa shape index (κ3) is 5.89. The first-order valence-electron chi connectivity index (χ1n) is 16.0. The summed E-state index contributed by atoms with van der Waals surface area (Å²) in [5, 5.41) is 6.55. The van der Waals surface area contributed by atoms with Crippen molar-refractivity contribution in [3.63, 3.8) is 0 Å². The number of fused-ring (bicyclic) bond motifs is 1. The second-order valence-corrected chi connectivity index (χ2v) is 13.0. The van der Waals surface area contributed by atoms with Gasteiger partial charge in [0.2, 0.25) is 11.8 Å². The molecule has 0 radical (unpaired) electrons. The van der Waals surface area contributed by atoms with Crippen LogP contribution in [0.4, 0.5) is 5.69 Å². The molecule has 1 aromatic rings. The highest BCUT2D eigenvalue weighted by Crippen LogP contribution is 2.39. The number of amides is 3. The molecule has 2 unspecified atom stereocenters. The van der Waals surface area contributed by atoms with Gasteiger partial charge in [-0.1, -0.05) is 18.7 Å². The minimum absolute atomic E-state index is 0.0813. The summed E-state index contributed by atoms with van der Waals surface area (Å²) in [5.74, 6) is 0.338. The van der Waals surface area contributed by atoms with Gasteiger partial charge >= 0.3 is 0 Å². The lowest BCUT2D eigenvalue weighted by Crippen LogP contribution is -2.50. The number of hydrogen-bond donors (Lipinski definition) is 2. The van der Waals surface area contributed by atoms with E-state index < -0.39 is 0 Å². The zero-order valence-electron chi connectivity index (χ0n) is 25.9. The van der Waals surface area contributed by atoms with E-state index in [0.717, 1.165) is 101 Å². The van der Waals surface area contributed by atoms with Crippen molar-refractivity contribution in [3.8, 4) is 0 Å². The van der Waals surface area contributed by atoms with Crippen molar-refractivity contribution in [3.05, 3.63) is 59.3 Å². The smallest absolute Gasteiger partial charge is 0.256 e. The van der Waals surface area contributed by atoms with Crippen molar-refractivity contribution < 1.29 is 14.4 Å². The molecule has 3 fully saturated rings. The predicted molar refractivity (Wildman–Crippen MR) is 169 cm³/mol. The summed E-state index contributed by atoms with van der Waals surface area (Å²) in [6.07, 6.45) is 8.00. The van der Waals surface area contributed by atoms with Crippen LogP contribution in [0.3, 0.4) is 0 Å². The molecule has 6 rings (SSSR count). The van der Waals surface area contributed by atoms with E-state index in [4.69, 9.17) is 0 Å². The first-order valence-corrected chi connectivity index (χ1v) is 16.0. The molecule has 0 saturated carbocycles. The Morgan fingerprint density at radius 2 is 1.65 bits per heavy atom. The van der Waals surface area contributed by atoms with Crippen LogP contribution in [0.25, 0.3) is 5.57 Å². The second kappa shape index (κ2) is 12.3. The van der Waals surface area contributed by atoms with Crippen LogP contribution in [-0.4, -0.2) is 109 Å². The van der Waals surface area contributed by atoms with Crippen molar-refractivity contribution in [1.29, 1.82) is 0 Å². The Kier molecular flexibility index (Phi) is 8.47. The van der Waals surface area contributed by atoms with Gasteiger partial charge in [0.1, 0.15) is 0 Å². The highest BCUT2D eigenvalue weighted by Gasteiger charge is 2.39. The standard InChI is InChI=1S/C34H46N6O3/c1-5-27-31(35-22(2)32(27)34(43)40-18-16-37(4)17-19-40)21-29-28-20-25(6-7-30(28)36-33(29)42)24-8-12-39(13-9-24)26-10-14-38(15-11-26)23(3)41/h5-7,20-22,24,26,32,35H,1,8-19H2,2-4H3,(H,36,42)/b29-21-. The normalized spacial score (nSPS) is 27.0. The molecule has 3 amide bonds. The summed E-state index contributed by atoms with van der Waals surface area (Å²) < 4.78 is 0. The number of hydrogen-bond acceptors (Lipinski definition) is 6. The molecule has 2 atom stereocenters. The molecule has 5 aliphatic rings. The van der Waals surface area contributed by atoms with E-state index in [-0.39, 0.29) is 29.7 Å². The lowest BCUT2D eigenvalue weighted by atomic mass is 9.86. The van der Waals surface area contributed by atoms with Crippen LogP contribution < -0.4 is 10.6 Å². The van der Waals surface area contributed by atoms with Gasteiger partial charge in [-0.15, -0.1) is 0 Å². The number of anilines is 1. The Hall–Kier alpha value is -3.43. The van der Waals surface area contributed by atoms with Gasteiger partial charge in [0.15, 0.2) is 0 Å². The average Bonchev–Trinajstić information content (AvgIpc) is 3.51. The molecule has 0 bridgehead atoms. The van der Waals surface area contributed by atoms with Crippen LogP contribution >= 0.6 is 0 Å². The number of benzene rings is 1. The van der Waals surface area contributed by atoms with E-state index in [2.05, 4.69) is 46.2 Å². The molecular formula is C34H46N6O3. The van der Waals surface area contributed by atoms with Crippen molar-refractivity contribution in [2.45, 2.75) is 57.5 Å². The third-order valence-corrected chi connectivity index (χ3v) is 10.4. The number of allylic oxidation sites excluding steroid dienone is 2. The van der Waals surface area contributed by atoms with Crippen LogP contribution in [0.1, 0.15) is 56.6 Å². The maximum absolute atomic E-state index is 13.6. The van der Waals surface area contributed by atoms with E-state index in [9.17, 15) is 14.4 Å². The monoisotopic (exact) mass is 586 g/mol. The summed E-state index contributed by atoms with van der Waals surface area (Å²) in [4.78, 5) is 47.3. The lowest BCUT2D eigenvalue weighted by molar-refractivity contribution is -0.136. The van der Waals surface area contributed by atoms with Crippen molar-refractivity contribution in [1.82, 2.24) is 24.9 Å². The Morgan fingerprint density at radius 3 is 2.30 bits per heavy atom. The van der Waals surface area contributed by atoms with Gasteiger partial charge in [0.05, 0.1) is 11.5 Å². The fourth-order valence-corrected chi connectivity index (χ4v) is 7.67. The highest BCUT2D eigenvalue weighted by molar-refractivity contribution is 6.32. The Bertz CT molecular complexity index is 1340. The van der Waals surface area contributed by atoms with Crippen molar-refractivity contribution >= 4 is 29.0 Å². The molecule has 0 aromatic heterocycles. The highest BCUT2D eigenvalue weighted by atomic mass is 16.2. The number of piperidine rings is 2. The number of nitrogens with zero attached hydrogens (tertiary/aromatic N) is 4. The largest absolute Gasteiger partial charge is 0.381 e. The first-order chi connectivity index (χ1) is 20.7. The molecule has 9 nitrogen and oxygen atoms in total. The summed E-state index contributed by atoms with van der Waals surface area (Å²) in [6.45, 7) is 14.8. The number of nitrogens with one attached hydrogen (secondary N) is 2. The number of likely N-dealkylation sites (tertiary alicyclic amines) is 2. The lowest BCUT2D eigenvalue weighted by Gasteiger charge is -2.41. The first kappa shape index (κ1) is 29.6. The number of piperazine rings is 1. The van der Waals surface area contributed by atoms with Gasteiger partial charge in [-0.3, -0.25) is 14.4 Å². The van der Waals surface area contributed by atoms with E-state index in [0.29, 0.717) is 17.5 Å². The molecule has 9 heteroatoms. The van der Waals surface area contributed by atoms with Crippen LogP contribution in [-0.2, 0) is 14.4 Å². The molecule has 43 heavy (non-hydrogen) atoms. The minimum atomic E-state index is -0.317. The van der Waals surface area contributed by atoms with Gasteiger partial charge in [-0.2, -0.15) is 0 Å². The molecule has 5 heterocycles. The number of carbonyl (C=O) groups is 3. The van der Waals surface area contributed by atoms with E-state index in [1.165, 1.54) is 5.56 Å². The minimum Gasteiger partial charge on any atom is -0.381 e. The summed E-state index contributed by atoms with van der Waals surface area (Å²) in [7, 11) is 2.09. The van der Waals surface area contributed by atoms with Gasteiger partial charge in [0, 0.05) is 75.2 Å². The van der Waals surface area contributed by atoms with E-state index in [1.807, 2.05) is 28.9 Å². The maximum atomic E-state index is 13.6. The number of likely N-dealkylation sites (N-methyl/N-ethyl adjacent to an activating group) is 1. The van der Waals surface area contributed by atoms with Crippen LogP contribution in [0.15, 0.2) is 48.2 Å². The Balaban J connectivity index is 1.17. The predicted octanol–water partition coefficient (Wildman–Crippen LogP) is 3.03. The van der Waals surface area contributed by atoms with E-state index in [1.54, 1.807) is 13.0 Å². The zero-order chi connectivity index (χ0) is 30.2.